The number of aromatic hydroxyl groups is 1. The van der Waals surface area contributed by atoms with E-state index in [1.807, 2.05) is 24.3 Å². The van der Waals surface area contributed by atoms with Crippen LogP contribution in [0.1, 0.15) is 9.67 Å². The minimum absolute atomic E-state index is 0.0851. The summed E-state index contributed by atoms with van der Waals surface area (Å²) in [5.41, 5.74) is 0. The minimum Gasteiger partial charge on any atom is -0.504 e. The Morgan fingerprint density at radius 3 is 2.80 bits per heavy atom. The van der Waals surface area contributed by atoms with E-state index >= 15 is 0 Å². The SMILES string of the molecule is O=C(Nc1ncccc1O)c1sc2ccccc2c1Cl. The van der Waals surface area contributed by atoms with Crippen molar-refractivity contribution >= 4 is 44.7 Å². The number of carbonyl (C=O) groups excluding carboxylic acids is 1. The average Bonchev–Trinajstić information content (AvgIpc) is 2.79. The quantitative estimate of drug-likeness (QED) is 0.754. The van der Waals surface area contributed by atoms with Crippen molar-refractivity contribution in [1.29, 1.82) is 0 Å². The van der Waals surface area contributed by atoms with Gasteiger partial charge in [0.1, 0.15) is 4.88 Å². The first-order valence-corrected chi connectivity index (χ1v) is 6.98. The van der Waals surface area contributed by atoms with Gasteiger partial charge in [0.15, 0.2) is 11.6 Å². The van der Waals surface area contributed by atoms with E-state index in [1.165, 1.54) is 23.6 Å². The maximum atomic E-state index is 12.2. The van der Waals surface area contributed by atoms with Gasteiger partial charge in [0, 0.05) is 16.3 Å². The molecule has 0 saturated heterocycles. The minimum atomic E-state index is -0.384. The summed E-state index contributed by atoms with van der Waals surface area (Å²) in [6.45, 7) is 0. The zero-order chi connectivity index (χ0) is 14.1. The van der Waals surface area contributed by atoms with Gasteiger partial charge >= 0.3 is 0 Å². The van der Waals surface area contributed by atoms with Crippen molar-refractivity contribution in [3.05, 3.63) is 52.5 Å². The van der Waals surface area contributed by atoms with E-state index in [-0.39, 0.29) is 17.5 Å². The molecule has 20 heavy (non-hydrogen) atoms. The summed E-state index contributed by atoms with van der Waals surface area (Å²) < 4.78 is 0.938. The second kappa shape index (κ2) is 5.11. The fourth-order valence-electron chi connectivity index (χ4n) is 1.82. The number of anilines is 1. The standard InChI is InChI=1S/C14H9ClN2O2S/c15-11-8-4-1-2-6-10(8)20-12(11)14(19)17-13-9(18)5-3-7-16-13/h1-7,18H,(H,16,17,19). The number of pyridine rings is 1. The highest BCUT2D eigenvalue weighted by Crippen LogP contribution is 2.35. The summed E-state index contributed by atoms with van der Waals surface area (Å²) in [5, 5.41) is 13.4. The van der Waals surface area contributed by atoms with Crippen molar-refractivity contribution in [3.8, 4) is 5.75 Å². The van der Waals surface area contributed by atoms with Crippen LogP contribution in [0.15, 0.2) is 42.6 Å². The Bertz CT molecular complexity index is 801. The molecule has 0 atom stereocenters. The van der Waals surface area contributed by atoms with Crippen LogP contribution in [-0.4, -0.2) is 16.0 Å². The van der Waals surface area contributed by atoms with Gasteiger partial charge in [-0.3, -0.25) is 4.79 Å². The van der Waals surface area contributed by atoms with Crippen LogP contribution in [0.3, 0.4) is 0 Å². The van der Waals surface area contributed by atoms with E-state index in [0.717, 1.165) is 10.1 Å². The number of rotatable bonds is 2. The zero-order valence-corrected chi connectivity index (χ0v) is 11.7. The highest BCUT2D eigenvalue weighted by molar-refractivity contribution is 7.21. The number of hydrogen-bond acceptors (Lipinski definition) is 4. The number of thiophene rings is 1. The Kier molecular flexibility index (Phi) is 3.30. The zero-order valence-electron chi connectivity index (χ0n) is 10.1. The number of carbonyl (C=O) groups is 1. The first-order valence-electron chi connectivity index (χ1n) is 5.79. The molecule has 0 radical (unpaired) electrons. The van der Waals surface area contributed by atoms with Crippen LogP contribution >= 0.6 is 22.9 Å². The molecule has 0 fully saturated rings. The van der Waals surface area contributed by atoms with Crippen LogP contribution < -0.4 is 5.32 Å². The maximum absolute atomic E-state index is 12.2. The summed E-state index contributed by atoms with van der Waals surface area (Å²) >= 11 is 7.53. The molecule has 1 aromatic carbocycles. The van der Waals surface area contributed by atoms with Gasteiger partial charge in [-0.1, -0.05) is 29.8 Å². The molecule has 2 aromatic heterocycles. The third-order valence-electron chi connectivity index (χ3n) is 2.76. The second-order valence-corrected chi connectivity index (χ2v) is 5.50. The molecule has 0 aliphatic heterocycles. The molecule has 4 nitrogen and oxygen atoms in total. The van der Waals surface area contributed by atoms with Crippen LogP contribution in [0.5, 0.6) is 5.75 Å². The monoisotopic (exact) mass is 304 g/mol. The smallest absolute Gasteiger partial charge is 0.268 e. The van der Waals surface area contributed by atoms with Gasteiger partial charge in [0.05, 0.1) is 5.02 Å². The molecule has 2 heterocycles. The summed E-state index contributed by atoms with van der Waals surface area (Å²) in [6, 6.07) is 10.6. The molecule has 0 unspecified atom stereocenters. The van der Waals surface area contributed by atoms with Crippen molar-refractivity contribution in [2.75, 3.05) is 5.32 Å². The van der Waals surface area contributed by atoms with Crippen molar-refractivity contribution in [1.82, 2.24) is 4.98 Å². The molecule has 100 valence electrons. The van der Waals surface area contributed by atoms with Crippen LogP contribution in [0.25, 0.3) is 10.1 Å². The number of nitrogens with zero attached hydrogens (tertiary/aromatic N) is 1. The molecule has 3 rings (SSSR count). The number of fused-ring (bicyclic) bond motifs is 1. The summed E-state index contributed by atoms with van der Waals surface area (Å²) in [7, 11) is 0. The first kappa shape index (κ1) is 12.9. The highest BCUT2D eigenvalue weighted by atomic mass is 35.5. The molecule has 0 spiro atoms. The molecule has 0 saturated carbocycles. The first-order chi connectivity index (χ1) is 9.66. The molecule has 1 amide bonds. The predicted molar refractivity (Wildman–Crippen MR) is 80.7 cm³/mol. The van der Waals surface area contributed by atoms with Crippen LogP contribution in [0.4, 0.5) is 5.82 Å². The van der Waals surface area contributed by atoms with Crippen molar-refractivity contribution in [3.63, 3.8) is 0 Å². The van der Waals surface area contributed by atoms with Gasteiger partial charge in [0.25, 0.3) is 5.91 Å². The number of hydrogen-bond donors (Lipinski definition) is 2. The van der Waals surface area contributed by atoms with E-state index in [1.54, 1.807) is 6.07 Å². The van der Waals surface area contributed by atoms with Gasteiger partial charge in [-0.15, -0.1) is 11.3 Å². The third kappa shape index (κ3) is 2.21. The maximum Gasteiger partial charge on any atom is 0.268 e. The highest BCUT2D eigenvalue weighted by Gasteiger charge is 2.18. The van der Waals surface area contributed by atoms with E-state index in [4.69, 9.17) is 11.6 Å². The number of benzene rings is 1. The van der Waals surface area contributed by atoms with E-state index < -0.39 is 0 Å². The topological polar surface area (TPSA) is 62.2 Å². The Morgan fingerprint density at radius 1 is 1.25 bits per heavy atom. The molecule has 2 N–H and O–H groups in total. The predicted octanol–water partition coefficient (Wildman–Crippen LogP) is 3.91. The molecule has 0 bridgehead atoms. The average molecular weight is 305 g/mol. The molecule has 0 aliphatic carbocycles. The fourth-order valence-corrected chi connectivity index (χ4v) is 3.23. The number of halogens is 1. The van der Waals surface area contributed by atoms with E-state index in [0.29, 0.717) is 9.90 Å². The molecule has 0 aliphatic rings. The molecule has 3 aromatic rings. The van der Waals surface area contributed by atoms with Gasteiger partial charge in [-0.05, 0) is 18.2 Å². The number of amides is 1. The van der Waals surface area contributed by atoms with Gasteiger partial charge < -0.3 is 10.4 Å². The Balaban J connectivity index is 1.97. The van der Waals surface area contributed by atoms with Crippen molar-refractivity contribution < 1.29 is 9.90 Å². The summed E-state index contributed by atoms with van der Waals surface area (Å²) in [4.78, 5) is 16.5. The Morgan fingerprint density at radius 2 is 2.05 bits per heavy atom. The summed E-state index contributed by atoms with van der Waals surface area (Å²) in [5.74, 6) is -0.352. The van der Waals surface area contributed by atoms with E-state index in [2.05, 4.69) is 10.3 Å². The molecular formula is C14H9ClN2O2S. The Hall–Kier alpha value is -2.11. The second-order valence-electron chi connectivity index (χ2n) is 4.07. The number of nitrogens with one attached hydrogen (secondary N) is 1. The van der Waals surface area contributed by atoms with Gasteiger partial charge in [-0.25, -0.2) is 4.98 Å². The lowest BCUT2D eigenvalue weighted by Crippen LogP contribution is -2.11. The van der Waals surface area contributed by atoms with Crippen LogP contribution in [0, 0.1) is 0 Å². The fraction of sp³-hybridized carbons (Fsp3) is 0. The van der Waals surface area contributed by atoms with Crippen LogP contribution in [0.2, 0.25) is 5.02 Å². The molecular weight excluding hydrogens is 296 g/mol. The Labute approximate surface area is 123 Å². The lowest BCUT2D eigenvalue weighted by Gasteiger charge is -2.04. The lowest BCUT2D eigenvalue weighted by molar-refractivity contribution is 0.103. The lowest BCUT2D eigenvalue weighted by atomic mass is 10.2. The third-order valence-corrected chi connectivity index (χ3v) is 4.43. The van der Waals surface area contributed by atoms with Crippen molar-refractivity contribution in [2.45, 2.75) is 0 Å². The summed E-state index contributed by atoms with van der Waals surface area (Å²) in [6.07, 6.45) is 1.49. The van der Waals surface area contributed by atoms with E-state index in [9.17, 15) is 9.90 Å². The van der Waals surface area contributed by atoms with Crippen LogP contribution in [-0.2, 0) is 0 Å². The van der Waals surface area contributed by atoms with Gasteiger partial charge in [-0.2, -0.15) is 0 Å². The normalized spacial score (nSPS) is 10.7. The van der Waals surface area contributed by atoms with Crippen molar-refractivity contribution in [2.24, 2.45) is 0 Å². The largest absolute Gasteiger partial charge is 0.504 e. The van der Waals surface area contributed by atoms with Gasteiger partial charge in [0.2, 0.25) is 0 Å². The number of aromatic nitrogens is 1. The molecule has 6 heteroatoms.